The second kappa shape index (κ2) is 8.57. The van der Waals surface area contributed by atoms with Crippen LogP contribution in [-0.4, -0.2) is 52.4 Å². The van der Waals surface area contributed by atoms with E-state index in [2.05, 4.69) is 10.3 Å². The summed E-state index contributed by atoms with van der Waals surface area (Å²) in [6, 6.07) is 6.11. The molecule has 1 aromatic carbocycles. The SMILES string of the molecule is C/C(OC1CCC(NC(=O)N2CC(Oc3cccc4scnc34)C2)CC1)=C(/O)C1CC1. The number of carbonyl (C=O) groups is 1. The van der Waals surface area contributed by atoms with Gasteiger partial charge in [0, 0.05) is 12.0 Å². The van der Waals surface area contributed by atoms with Crippen LogP contribution in [0.1, 0.15) is 45.4 Å². The van der Waals surface area contributed by atoms with Crippen molar-refractivity contribution < 1.29 is 19.4 Å². The molecule has 3 fully saturated rings. The third kappa shape index (κ3) is 4.59. The molecule has 0 atom stereocenters. The minimum atomic E-state index is -0.0152. The van der Waals surface area contributed by atoms with Gasteiger partial charge in [0.2, 0.25) is 0 Å². The van der Waals surface area contributed by atoms with Crippen molar-refractivity contribution in [2.75, 3.05) is 13.1 Å². The molecule has 0 spiro atoms. The zero-order valence-electron chi connectivity index (χ0n) is 17.8. The van der Waals surface area contributed by atoms with E-state index in [1.807, 2.05) is 30.6 Å². The molecule has 0 unspecified atom stereocenters. The lowest BCUT2D eigenvalue weighted by molar-refractivity contribution is 0.0401. The summed E-state index contributed by atoms with van der Waals surface area (Å²) in [6.45, 7) is 3.04. The maximum absolute atomic E-state index is 12.6. The molecule has 0 bridgehead atoms. The molecule has 8 heteroatoms. The lowest BCUT2D eigenvalue weighted by Crippen LogP contribution is -2.60. The predicted octanol–water partition coefficient (Wildman–Crippen LogP) is 4.60. The molecule has 0 radical (unpaired) electrons. The van der Waals surface area contributed by atoms with Gasteiger partial charge in [-0.3, -0.25) is 0 Å². The number of para-hydroxylation sites is 1. The number of rotatable bonds is 6. The van der Waals surface area contributed by atoms with Crippen LogP contribution in [0.2, 0.25) is 0 Å². The van der Waals surface area contributed by atoms with Gasteiger partial charge in [-0.2, -0.15) is 0 Å². The van der Waals surface area contributed by atoms with Gasteiger partial charge in [-0.25, -0.2) is 9.78 Å². The Kier molecular flexibility index (Phi) is 5.65. The van der Waals surface area contributed by atoms with Gasteiger partial charge in [-0.1, -0.05) is 6.07 Å². The van der Waals surface area contributed by atoms with Gasteiger partial charge in [0.1, 0.15) is 28.9 Å². The van der Waals surface area contributed by atoms with Gasteiger partial charge in [0.15, 0.2) is 0 Å². The summed E-state index contributed by atoms with van der Waals surface area (Å²) < 4.78 is 13.1. The number of aliphatic hydroxyl groups excluding tert-OH is 1. The molecule has 31 heavy (non-hydrogen) atoms. The normalized spacial score (nSPS) is 25.0. The predicted molar refractivity (Wildman–Crippen MR) is 119 cm³/mol. The minimum Gasteiger partial charge on any atom is -0.509 e. The summed E-state index contributed by atoms with van der Waals surface area (Å²) in [5.41, 5.74) is 2.72. The number of amides is 2. The van der Waals surface area contributed by atoms with Crippen LogP contribution in [0.3, 0.4) is 0 Å². The van der Waals surface area contributed by atoms with Gasteiger partial charge in [-0.15, -0.1) is 11.3 Å². The number of hydrogen-bond donors (Lipinski definition) is 2. The molecule has 3 aliphatic rings. The monoisotopic (exact) mass is 443 g/mol. The average Bonchev–Trinajstić information content (AvgIpc) is 3.47. The fourth-order valence-electron chi connectivity index (χ4n) is 4.36. The summed E-state index contributed by atoms with van der Waals surface area (Å²) in [5, 5.41) is 13.2. The van der Waals surface area contributed by atoms with Crippen LogP contribution in [0.4, 0.5) is 4.79 Å². The fourth-order valence-corrected chi connectivity index (χ4v) is 5.05. The lowest BCUT2D eigenvalue weighted by Gasteiger charge is -2.40. The number of hydrogen-bond acceptors (Lipinski definition) is 6. The molecule has 2 saturated carbocycles. The number of allylic oxidation sites excluding steroid dienone is 2. The lowest BCUT2D eigenvalue weighted by atomic mass is 9.93. The first kappa shape index (κ1) is 20.4. The summed E-state index contributed by atoms with van der Waals surface area (Å²) in [7, 11) is 0. The topological polar surface area (TPSA) is 83.9 Å². The number of thiazole rings is 1. The van der Waals surface area contributed by atoms with Gasteiger partial charge in [-0.05, 0) is 57.6 Å². The zero-order chi connectivity index (χ0) is 21.4. The van der Waals surface area contributed by atoms with Crippen LogP contribution in [0.5, 0.6) is 5.75 Å². The number of aromatic nitrogens is 1. The Morgan fingerprint density at radius 1 is 1.16 bits per heavy atom. The van der Waals surface area contributed by atoms with Gasteiger partial charge < -0.3 is 24.8 Å². The Hall–Kier alpha value is -2.48. The van der Waals surface area contributed by atoms with Crippen LogP contribution in [0, 0.1) is 5.92 Å². The molecular formula is C23H29N3O4S. The highest BCUT2D eigenvalue weighted by atomic mass is 32.1. The van der Waals surface area contributed by atoms with Crippen LogP contribution in [0.25, 0.3) is 10.2 Å². The van der Waals surface area contributed by atoms with Crippen LogP contribution in [-0.2, 0) is 4.74 Å². The van der Waals surface area contributed by atoms with Crippen molar-refractivity contribution in [1.29, 1.82) is 0 Å². The van der Waals surface area contributed by atoms with Gasteiger partial charge in [0.05, 0.1) is 29.4 Å². The summed E-state index contributed by atoms with van der Waals surface area (Å²) in [6.07, 6.45) is 5.84. The first-order valence-corrected chi connectivity index (χ1v) is 12.1. The maximum atomic E-state index is 12.6. The Morgan fingerprint density at radius 3 is 2.68 bits per heavy atom. The van der Waals surface area contributed by atoms with E-state index in [0.29, 0.717) is 30.5 Å². The summed E-state index contributed by atoms with van der Waals surface area (Å²) in [4.78, 5) is 18.8. The average molecular weight is 444 g/mol. The largest absolute Gasteiger partial charge is 0.509 e. The van der Waals surface area contributed by atoms with Gasteiger partial charge in [0.25, 0.3) is 0 Å². The number of benzene rings is 1. The van der Waals surface area contributed by atoms with E-state index in [-0.39, 0.29) is 24.3 Å². The first-order valence-electron chi connectivity index (χ1n) is 11.2. The summed E-state index contributed by atoms with van der Waals surface area (Å²) >= 11 is 1.60. The number of nitrogens with zero attached hydrogens (tertiary/aromatic N) is 2. The minimum absolute atomic E-state index is 0.0103. The van der Waals surface area contributed by atoms with Crippen molar-refractivity contribution in [3.05, 3.63) is 35.2 Å². The number of likely N-dealkylation sites (tertiary alicyclic amines) is 1. The quantitative estimate of drug-likeness (QED) is 0.638. The molecule has 2 heterocycles. The van der Waals surface area contributed by atoms with E-state index in [4.69, 9.17) is 9.47 Å². The number of urea groups is 1. The second-order valence-corrected chi connectivity index (χ2v) is 9.74. The number of ether oxygens (including phenoxy) is 2. The van der Waals surface area contributed by atoms with Crippen molar-refractivity contribution in [2.24, 2.45) is 5.92 Å². The summed E-state index contributed by atoms with van der Waals surface area (Å²) in [5.74, 6) is 2.21. The molecule has 2 aromatic rings. The van der Waals surface area contributed by atoms with Crippen molar-refractivity contribution in [3.63, 3.8) is 0 Å². The second-order valence-electron chi connectivity index (χ2n) is 8.86. The maximum Gasteiger partial charge on any atom is 0.317 e. The zero-order valence-corrected chi connectivity index (χ0v) is 18.6. The molecule has 2 N–H and O–H groups in total. The molecule has 2 aliphatic carbocycles. The van der Waals surface area contributed by atoms with Crippen molar-refractivity contribution in [2.45, 2.75) is 63.7 Å². The van der Waals surface area contributed by atoms with E-state index < -0.39 is 0 Å². The molecule has 7 nitrogen and oxygen atoms in total. The smallest absolute Gasteiger partial charge is 0.317 e. The van der Waals surface area contributed by atoms with Crippen LogP contribution in [0.15, 0.2) is 35.2 Å². The molecule has 1 aromatic heterocycles. The van der Waals surface area contributed by atoms with Crippen molar-refractivity contribution >= 4 is 27.6 Å². The van der Waals surface area contributed by atoms with Crippen LogP contribution < -0.4 is 10.1 Å². The molecule has 2 amide bonds. The van der Waals surface area contributed by atoms with E-state index in [1.54, 1.807) is 16.2 Å². The molecule has 166 valence electrons. The van der Waals surface area contributed by atoms with E-state index in [1.165, 1.54) is 0 Å². The van der Waals surface area contributed by atoms with Crippen molar-refractivity contribution in [3.8, 4) is 5.75 Å². The standard InChI is InChI=1S/C23H29N3O4S/c1-14(22(27)15-5-6-15)29-17-9-7-16(8-10-17)25-23(28)26-11-18(12-26)30-19-3-2-4-20-21(19)24-13-31-20/h2-4,13,15-18,27H,5-12H2,1H3,(H,25,28)/b22-14-. The highest BCUT2D eigenvalue weighted by Gasteiger charge is 2.35. The van der Waals surface area contributed by atoms with E-state index >= 15 is 0 Å². The highest BCUT2D eigenvalue weighted by molar-refractivity contribution is 7.16. The first-order chi connectivity index (χ1) is 15.1. The van der Waals surface area contributed by atoms with E-state index in [9.17, 15) is 9.90 Å². The van der Waals surface area contributed by atoms with Crippen molar-refractivity contribution in [1.82, 2.24) is 15.2 Å². The number of carbonyl (C=O) groups excluding carboxylic acids is 1. The molecule has 1 aliphatic heterocycles. The number of aliphatic hydroxyl groups is 1. The van der Waals surface area contributed by atoms with E-state index in [0.717, 1.165) is 54.5 Å². The third-order valence-corrected chi connectivity index (χ3v) is 7.22. The molecule has 1 saturated heterocycles. The number of fused-ring (bicyclic) bond motifs is 1. The Labute approximate surface area is 186 Å². The van der Waals surface area contributed by atoms with Gasteiger partial charge >= 0.3 is 6.03 Å². The Morgan fingerprint density at radius 2 is 1.94 bits per heavy atom. The number of nitrogens with one attached hydrogen (secondary N) is 1. The Balaban J connectivity index is 1.04. The fraction of sp³-hybridized carbons (Fsp3) is 0.565. The molecule has 5 rings (SSSR count). The molecular weight excluding hydrogens is 414 g/mol. The Bertz CT molecular complexity index is 972. The highest BCUT2D eigenvalue weighted by Crippen LogP contribution is 2.37. The third-order valence-electron chi connectivity index (χ3n) is 6.42. The van der Waals surface area contributed by atoms with Crippen LogP contribution >= 0.6 is 11.3 Å².